The van der Waals surface area contributed by atoms with Crippen molar-refractivity contribution in [2.24, 2.45) is 0 Å². The van der Waals surface area contributed by atoms with Gasteiger partial charge in [0.2, 0.25) is 0 Å². The Bertz CT molecular complexity index is 897. The Morgan fingerprint density at radius 3 is 2.50 bits per heavy atom. The van der Waals surface area contributed by atoms with E-state index < -0.39 is 11.6 Å². The fourth-order valence-corrected chi connectivity index (χ4v) is 3.57. The van der Waals surface area contributed by atoms with Gasteiger partial charge in [0.25, 0.3) is 0 Å². The Balaban J connectivity index is 2.42. The maximum absolute atomic E-state index is 14.4. The highest BCUT2D eigenvalue weighted by Crippen LogP contribution is 2.28. The monoisotopic (exact) mass is 433 g/mol. The first-order valence-electron chi connectivity index (χ1n) is 10.0. The van der Waals surface area contributed by atoms with Crippen LogP contribution in [0.5, 0.6) is 0 Å². The average Bonchev–Trinajstić information content (AvgIpc) is 2.73. The largest absolute Gasteiger partial charge is 0.362 e. The van der Waals surface area contributed by atoms with Gasteiger partial charge in [-0.2, -0.15) is 5.26 Å². The summed E-state index contributed by atoms with van der Waals surface area (Å²) >= 11 is 6.22. The smallest absolute Gasteiger partial charge is 0.131 e. The lowest BCUT2D eigenvalue weighted by atomic mass is 10.1. The predicted octanol–water partition coefficient (Wildman–Crippen LogP) is 5.23. The fourth-order valence-electron chi connectivity index (χ4n) is 3.35. The quantitative estimate of drug-likeness (QED) is 0.493. The second-order valence-corrected chi connectivity index (χ2v) is 7.52. The van der Waals surface area contributed by atoms with Gasteiger partial charge >= 0.3 is 0 Å². The van der Waals surface area contributed by atoms with Crippen molar-refractivity contribution < 1.29 is 13.6 Å². The molecule has 0 spiro atoms. The summed E-state index contributed by atoms with van der Waals surface area (Å²) in [4.78, 5) is 13.3. The Kier molecular flexibility index (Phi) is 9.22. The molecule has 0 amide bonds. The van der Waals surface area contributed by atoms with Gasteiger partial charge in [-0.15, -0.1) is 0 Å². The summed E-state index contributed by atoms with van der Waals surface area (Å²) in [5.74, 6) is -1.30. The van der Waals surface area contributed by atoms with E-state index in [0.29, 0.717) is 29.4 Å². The summed E-state index contributed by atoms with van der Waals surface area (Å²) in [7, 11) is 0. The first-order valence-corrected chi connectivity index (χ1v) is 10.4. The van der Waals surface area contributed by atoms with Gasteiger partial charge in [-0.05, 0) is 37.1 Å². The highest BCUT2D eigenvalue weighted by molar-refractivity contribution is 6.32. The zero-order valence-corrected chi connectivity index (χ0v) is 17.9. The molecule has 0 radical (unpaired) electrons. The molecule has 0 saturated carbocycles. The van der Waals surface area contributed by atoms with Crippen molar-refractivity contribution in [1.29, 1.82) is 5.26 Å². The van der Waals surface area contributed by atoms with E-state index >= 15 is 0 Å². The average molecular weight is 434 g/mol. The number of aldehydes is 1. The SMILES string of the molecule is CCC(CC)NC[C@H](CC=O)N(Cc1ccc(F)cc1F)c1ccc(C#N)c(Cl)c1. The molecule has 0 unspecified atom stereocenters. The van der Waals surface area contributed by atoms with E-state index in [1.54, 1.807) is 18.2 Å². The van der Waals surface area contributed by atoms with Gasteiger partial charge in [0.1, 0.15) is 24.0 Å². The summed E-state index contributed by atoms with van der Waals surface area (Å²) in [5.41, 5.74) is 1.28. The second-order valence-electron chi connectivity index (χ2n) is 7.12. The van der Waals surface area contributed by atoms with Crippen LogP contribution in [0.3, 0.4) is 0 Å². The molecule has 0 fully saturated rings. The van der Waals surface area contributed by atoms with E-state index in [-0.39, 0.29) is 24.0 Å². The third-order valence-electron chi connectivity index (χ3n) is 5.20. The Morgan fingerprint density at radius 1 is 1.20 bits per heavy atom. The van der Waals surface area contributed by atoms with E-state index in [9.17, 15) is 13.6 Å². The van der Waals surface area contributed by atoms with E-state index in [4.69, 9.17) is 16.9 Å². The van der Waals surface area contributed by atoms with Gasteiger partial charge in [-0.1, -0.05) is 31.5 Å². The van der Waals surface area contributed by atoms with Crippen LogP contribution in [0.15, 0.2) is 36.4 Å². The minimum atomic E-state index is -0.655. The van der Waals surface area contributed by atoms with Gasteiger partial charge in [0.15, 0.2) is 0 Å². The third kappa shape index (κ3) is 6.25. The van der Waals surface area contributed by atoms with Crippen LogP contribution in [0.25, 0.3) is 0 Å². The van der Waals surface area contributed by atoms with Crippen LogP contribution in [0.1, 0.15) is 44.2 Å². The molecule has 1 atom stereocenters. The highest BCUT2D eigenvalue weighted by atomic mass is 35.5. The predicted molar refractivity (Wildman–Crippen MR) is 116 cm³/mol. The topological polar surface area (TPSA) is 56.1 Å². The molecule has 160 valence electrons. The first kappa shape index (κ1) is 23.8. The van der Waals surface area contributed by atoms with E-state index in [1.165, 1.54) is 12.1 Å². The molecule has 0 heterocycles. The lowest BCUT2D eigenvalue weighted by Crippen LogP contribution is -2.45. The molecule has 4 nitrogen and oxygen atoms in total. The second kappa shape index (κ2) is 11.6. The molecule has 0 aliphatic rings. The molecule has 30 heavy (non-hydrogen) atoms. The standard InChI is InChI=1S/C23H26ClF2N3O/c1-3-19(4-2)28-14-21(9-10-30)29(15-17-5-7-18(25)11-23(17)26)20-8-6-16(13-27)22(24)12-20/h5-8,10-12,19,21,28H,3-4,9,14-15H2,1-2H3/t21-/m0/s1. The zero-order chi connectivity index (χ0) is 22.1. The molecule has 0 aromatic heterocycles. The van der Waals surface area contributed by atoms with Crippen LogP contribution in [0, 0.1) is 23.0 Å². The third-order valence-corrected chi connectivity index (χ3v) is 5.51. The maximum atomic E-state index is 14.4. The number of carbonyl (C=O) groups excluding carboxylic acids is 1. The van der Waals surface area contributed by atoms with Gasteiger partial charge in [-0.25, -0.2) is 8.78 Å². The van der Waals surface area contributed by atoms with E-state index in [2.05, 4.69) is 19.2 Å². The molecular weight excluding hydrogens is 408 g/mol. The summed E-state index contributed by atoms with van der Waals surface area (Å²) in [6.07, 6.45) is 2.94. The summed E-state index contributed by atoms with van der Waals surface area (Å²) in [6.45, 7) is 4.80. The summed E-state index contributed by atoms with van der Waals surface area (Å²) < 4.78 is 27.7. The van der Waals surface area contributed by atoms with Crippen molar-refractivity contribution in [2.75, 3.05) is 11.4 Å². The molecule has 0 bridgehead atoms. The molecule has 0 aliphatic heterocycles. The Morgan fingerprint density at radius 2 is 1.93 bits per heavy atom. The number of rotatable bonds is 11. The lowest BCUT2D eigenvalue weighted by Gasteiger charge is -2.34. The van der Waals surface area contributed by atoms with Crippen molar-refractivity contribution in [3.05, 3.63) is 64.2 Å². The normalized spacial score (nSPS) is 11.9. The zero-order valence-electron chi connectivity index (χ0n) is 17.2. The van der Waals surface area contributed by atoms with Crippen LogP contribution < -0.4 is 10.2 Å². The summed E-state index contributed by atoms with van der Waals surface area (Å²) in [6, 6.07) is 10.4. The van der Waals surface area contributed by atoms with Crippen LogP contribution in [-0.2, 0) is 11.3 Å². The maximum Gasteiger partial charge on any atom is 0.131 e. The number of carbonyl (C=O) groups is 1. The molecule has 0 saturated heterocycles. The summed E-state index contributed by atoms with van der Waals surface area (Å²) in [5, 5.41) is 12.9. The van der Waals surface area contributed by atoms with Crippen molar-refractivity contribution >= 4 is 23.6 Å². The molecular formula is C23H26ClF2N3O. The van der Waals surface area contributed by atoms with E-state index in [1.807, 2.05) is 11.0 Å². The van der Waals surface area contributed by atoms with Gasteiger partial charge in [0.05, 0.1) is 10.6 Å². The number of hydrogen-bond donors (Lipinski definition) is 1. The first-order chi connectivity index (χ1) is 14.4. The number of nitriles is 1. The van der Waals surface area contributed by atoms with Gasteiger partial charge in [-0.3, -0.25) is 0 Å². The fraction of sp³-hybridized carbons (Fsp3) is 0.391. The van der Waals surface area contributed by atoms with Gasteiger partial charge in [0, 0.05) is 48.9 Å². The Hall–Kier alpha value is -2.49. The molecule has 2 aromatic rings. The molecule has 0 aliphatic carbocycles. The van der Waals surface area contributed by atoms with Crippen LogP contribution in [-0.4, -0.2) is 24.9 Å². The number of nitrogens with zero attached hydrogens (tertiary/aromatic N) is 2. The van der Waals surface area contributed by atoms with Crippen LogP contribution in [0.2, 0.25) is 5.02 Å². The molecule has 2 aromatic carbocycles. The molecule has 7 heteroatoms. The number of halogens is 3. The molecule has 1 N–H and O–H groups in total. The number of hydrogen-bond acceptors (Lipinski definition) is 4. The lowest BCUT2D eigenvalue weighted by molar-refractivity contribution is -0.108. The van der Waals surface area contributed by atoms with Crippen LogP contribution in [0.4, 0.5) is 14.5 Å². The van der Waals surface area contributed by atoms with E-state index in [0.717, 1.165) is 25.2 Å². The number of nitrogens with one attached hydrogen (secondary N) is 1. The Labute approximate surface area is 181 Å². The number of anilines is 1. The van der Waals surface area contributed by atoms with Crippen molar-refractivity contribution in [2.45, 2.75) is 51.7 Å². The molecule has 2 rings (SSSR count). The highest BCUT2D eigenvalue weighted by Gasteiger charge is 2.22. The minimum absolute atomic E-state index is 0.122. The van der Waals surface area contributed by atoms with Crippen molar-refractivity contribution in [1.82, 2.24) is 5.32 Å². The van der Waals surface area contributed by atoms with Crippen LogP contribution >= 0.6 is 11.6 Å². The minimum Gasteiger partial charge on any atom is -0.362 e. The number of benzene rings is 2. The van der Waals surface area contributed by atoms with Crippen molar-refractivity contribution in [3.63, 3.8) is 0 Å². The van der Waals surface area contributed by atoms with Gasteiger partial charge < -0.3 is 15.0 Å². The van der Waals surface area contributed by atoms with Crippen molar-refractivity contribution in [3.8, 4) is 6.07 Å².